The van der Waals surface area contributed by atoms with E-state index in [1.807, 2.05) is 36.4 Å². The molecule has 0 spiro atoms. The number of anilines is 1. The smallest absolute Gasteiger partial charge is 0.230 e. The summed E-state index contributed by atoms with van der Waals surface area (Å²) in [6.07, 6.45) is 8.56. The number of hydrogen-bond acceptors (Lipinski definition) is 3. The minimum absolute atomic E-state index is 0.125. The van der Waals surface area contributed by atoms with E-state index >= 15 is 0 Å². The summed E-state index contributed by atoms with van der Waals surface area (Å²) in [6, 6.07) is 15.8. The van der Waals surface area contributed by atoms with E-state index in [1.165, 1.54) is 0 Å². The van der Waals surface area contributed by atoms with Gasteiger partial charge in [0.25, 0.3) is 0 Å². The van der Waals surface area contributed by atoms with E-state index in [-0.39, 0.29) is 18.1 Å². The Hall–Kier alpha value is -3.93. The van der Waals surface area contributed by atoms with Gasteiger partial charge in [-0.1, -0.05) is 30.3 Å². The number of rotatable bonds is 6. The molecule has 3 heterocycles. The van der Waals surface area contributed by atoms with Crippen LogP contribution in [0.25, 0.3) is 11.3 Å². The molecule has 32 heavy (non-hydrogen) atoms. The highest BCUT2D eigenvalue weighted by Crippen LogP contribution is 2.35. The summed E-state index contributed by atoms with van der Waals surface area (Å²) < 4.78 is 0. The summed E-state index contributed by atoms with van der Waals surface area (Å²) >= 11 is 0. The van der Waals surface area contributed by atoms with Gasteiger partial charge in [-0.2, -0.15) is 0 Å². The van der Waals surface area contributed by atoms with Gasteiger partial charge in [-0.05, 0) is 47.7 Å². The van der Waals surface area contributed by atoms with Crippen molar-refractivity contribution in [3.05, 3.63) is 95.1 Å². The Labute approximate surface area is 186 Å². The number of hydrogen-bond donors (Lipinski definition) is 3. The number of amides is 1. The number of Topliss-reactive ketones (excluding diaryl/α,β-unsaturated/α-hetero) is 1. The molecule has 0 unspecified atom stereocenters. The predicted octanol–water partition coefficient (Wildman–Crippen LogP) is 4.70. The zero-order valence-corrected chi connectivity index (χ0v) is 17.7. The third-order valence-electron chi connectivity index (χ3n) is 5.86. The number of pyridine rings is 1. The lowest BCUT2D eigenvalue weighted by Crippen LogP contribution is -2.15. The van der Waals surface area contributed by atoms with E-state index in [1.54, 1.807) is 18.6 Å². The zero-order chi connectivity index (χ0) is 21.9. The molecule has 1 amide bonds. The molecule has 4 aromatic rings. The maximum Gasteiger partial charge on any atom is 0.230 e. The summed E-state index contributed by atoms with van der Waals surface area (Å²) in [4.78, 5) is 36.0. The second-order valence-electron chi connectivity index (χ2n) is 8.15. The van der Waals surface area contributed by atoms with Crippen molar-refractivity contribution in [3.8, 4) is 11.3 Å². The van der Waals surface area contributed by atoms with Crippen molar-refractivity contribution in [1.29, 1.82) is 0 Å². The molecule has 160 valence electrons. The minimum Gasteiger partial charge on any atom is -0.367 e. The van der Waals surface area contributed by atoms with E-state index in [0.29, 0.717) is 18.7 Å². The fraction of sp³-hybridized carbons (Fsp3) is 0.192. The monoisotopic (exact) mass is 424 g/mol. The van der Waals surface area contributed by atoms with Crippen LogP contribution in [0.1, 0.15) is 45.6 Å². The second kappa shape index (κ2) is 8.67. The highest BCUT2D eigenvalue weighted by atomic mass is 16.1. The zero-order valence-electron chi connectivity index (χ0n) is 17.7. The third-order valence-corrected chi connectivity index (χ3v) is 5.86. The highest BCUT2D eigenvalue weighted by molar-refractivity contribution is 6.01. The van der Waals surface area contributed by atoms with E-state index in [4.69, 9.17) is 0 Å². The van der Waals surface area contributed by atoms with Gasteiger partial charge in [-0.15, -0.1) is 0 Å². The molecule has 0 atom stereocenters. The van der Waals surface area contributed by atoms with Crippen molar-refractivity contribution >= 4 is 17.5 Å². The quantitative estimate of drug-likeness (QED) is 0.419. The largest absolute Gasteiger partial charge is 0.367 e. The SMILES string of the molecule is O=C(Cc1cc[nH]c1)Nc1cc(-c2[nH]c3c(c2Cc2ccccc2)C(=O)CCC3)ccn1. The number of nitrogens with one attached hydrogen (secondary N) is 3. The Balaban J connectivity index is 1.48. The van der Waals surface area contributed by atoms with Crippen LogP contribution in [0.4, 0.5) is 5.82 Å². The molecule has 6 heteroatoms. The standard InChI is InChI=1S/C26H24N4O2/c31-22-8-4-7-21-25(22)20(13-17-5-2-1-3-6-17)26(29-21)19-10-12-28-23(15-19)30-24(32)14-18-9-11-27-16-18/h1-3,5-6,9-12,15-16,27,29H,4,7-8,13-14H2,(H,28,30,32). The lowest BCUT2D eigenvalue weighted by Gasteiger charge is -2.12. The van der Waals surface area contributed by atoms with Crippen LogP contribution in [0.3, 0.4) is 0 Å². The summed E-state index contributed by atoms with van der Waals surface area (Å²) in [5, 5.41) is 2.89. The highest BCUT2D eigenvalue weighted by Gasteiger charge is 2.26. The molecule has 0 radical (unpaired) electrons. The molecule has 0 saturated heterocycles. The molecule has 5 rings (SSSR count). The van der Waals surface area contributed by atoms with E-state index < -0.39 is 0 Å². The van der Waals surface area contributed by atoms with Crippen molar-refractivity contribution in [3.63, 3.8) is 0 Å². The molecule has 0 fully saturated rings. The van der Waals surface area contributed by atoms with Crippen LogP contribution in [0.2, 0.25) is 0 Å². The maximum atomic E-state index is 12.8. The summed E-state index contributed by atoms with van der Waals surface area (Å²) in [7, 11) is 0. The molecule has 1 aliphatic rings. The average molecular weight is 425 g/mol. The molecule has 0 saturated carbocycles. The van der Waals surface area contributed by atoms with Gasteiger partial charge < -0.3 is 15.3 Å². The lowest BCUT2D eigenvalue weighted by molar-refractivity contribution is -0.115. The van der Waals surface area contributed by atoms with Crippen molar-refractivity contribution in [2.24, 2.45) is 0 Å². The van der Waals surface area contributed by atoms with Crippen LogP contribution in [-0.2, 0) is 24.1 Å². The topological polar surface area (TPSA) is 90.6 Å². The third kappa shape index (κ3) is 4.12. The number of nitrogens with zero attached hydrogens (tertiary/aromatic N) is 1. The first kappa shape index (κ1) is 20.0. The Kier molecular flexibility index (Phi) is 5.42. The van der Waals surface area contributed by atoms with Crippen molar-refractivity contribution in [1.82, 2.24) is 15.0 Å². The number of carbonyl (C=O) groups is 2. The number of aromatic nitrogens is 3. The predicted molar refractivity (Wildman–Crippen MR) is 124 cm³/mol. The van der Waals surface area contributed by atoms with Crippen LogP contribution in [-0.4, -0.2) is 26.6 Å². The summed E-state index contributed by atoms with van der Waals surface area (Å²) in [5.74, 6) is 0.570. The minimum atomic E-state index is -0.125. The van der Waals surface area contributed by atoms with Gasteiger partial charge >= 0.3 is 0 Å². The average Bonchev–Trinajstić information content (AvgIpc) is 3.43. The Morgan fingerprint density at radius 3 is 2.75 bits per heavy atom. The van der Waals surface area contributed by atoms with Gasteiger partial charge in [0.1, 0.15) is 5.82 Å². The maximum absolute atomic E-state index is 12.8. The molecular formula is C26H24N4O2. The fourth-order valence-electron chi connectivity index (χ4n) is 4.39. The number of aryl methyl sites for hydroxylation is 1. The number of benzene rings is 1. The van der Waals surface area contributed by atoms with Crippen LogP contribution >= 0.6 is 0 Å². The molecule has 3 N–H and O–H groups in total. The molecule has 1 aliphatic carbocycles. The van der Waals surface area contributed by atoms with Crippen molar-refractivity contribution in [2.45, 2.75) is 32.1 Å². The number of aromatic amines is 2. The number of H-pyrrole nitrogens is 2. The van der Waals surface area contributed by atoms with Crippen LogP contribution in [0, 0.1) is 0 Å². The number of fused-ring (bicyclic) bond motifs is 1. The van der Waals surface area contributed by atoms with Crippen LogP contribution in [0.5, 0.6) is 0 Å². The lowest BCUT2D eigenvalue weighted by atomic mass is 9.90. The van der Waals surface area contributed by atoms with Crippen molar-refractivity contribution < 1.29 is 9.59 Å². The summed E-state index contributed by atoms with van der Waals surface area (Å²) in [6.45, 7) is 0. The molecule has 1 aromatic carbocycles. The molecule has 6 nitrogen and oxygen atoms in total. The fourth-order valence-corrected chi connectivity index (χ4v) is 4.39. The Morgan fingerprint density at radius 2 is 1.94 bits per heavy atom. The first-order chi connectivity index (χ1) is 15.7. The van der Waals surface area contributed by atoms with Gasteiger partial charge in [0, 0.05) is 48.3 Å². The van der Waals surface area contributed by atoms with Gasteiger partial charge in [-0.3, -0.25) is 9.59 Å². The van der Waals surface area contributed by atoms with E-state index in [9.17, 15) is 9.59 Å². The van der Waals surface area contributed by atoms with Crippen molar-refractivity contribution in [2.75, 3.05) is 5.32 Å². The molecule has 3 aromatic heterocycles. The number of carbonyl (C=O) groups excluding carboxylic acids is 2. The first-order valence-electron chi connectivity index (χ1n) is 10.9. The Bertz CT molecular complexity index is 1260. The van der Waals surface area contributed by atoms with Gasteiger partial charge in [-0.25, -0.2) is 4.98 Å². The molecule has 0 aliphatic heterocycles. The van der Waals surface area contributed by atoms with Crippen LogP contribution < -0.4 is 5.32 Å². The molecule has 0 bridgehead atoms. The van der Waals surface area contributed by atoms with Gasteiger partial charge in [0.05, 0.1) is 12.1 Å². The first-order valence-corrected chi connectivity index (χ1v) is 10.9. The summed E-state index contributed by atoms with van der Waals surface area (Å²) in [5.41, 5.74) is 6.78. The molecular weight excluding hydrogens is 400 g/mol. The van der Waals surface area contributed by atoms with Gasteiger partial charge in [0.2, 0.25) is 5.91 Å². The van der Waals surface area contributed by atoms with E-state index in [2.05, 4.69) is 32.4 Å². The normalized spacial score (nSPS) is 13.1. The Morgan fingerprint density at radius 1 is 1.06 bits per heavy atom. The van der Waals surface area contributed by atoms with Crippen LogP contribution in [0.15, 0.2) is 67.1 Å². The number of ketones is 1. The van der Waals surface area contributed by atoms with Gasteiger partial charge in [0.15, 0.2) is 5.78 Å². The van der Waals surface area contributed by atoms with E-state index in [0.717, 1.165) is 52.0 Å². The second-order valence-corrected chi connectivity index (χ2v) is 8.15.